The van der Waals surface area contributed by atoms with Crippen molar-refractivity contribution in [3.63, 3.8) is 0 Å². The monoisotopic (exact) mass is 289 g/mol. The molecule has 0 unspecified atom stereocenters. The fourth-order valence-electron chi connectivity index (χ4n) is 1.46. The van der Waals surface area contributed by atoms with Crippen molar-refractivity contribution in [2.45, 2.75) is 12.6 Å². The number of carbonyl (C=O) groups is 2. The number of nitrogens with two attached hydrogens (primary N) is 1. The average Bonchev–Trinajstić information content (AvgIpc) is 2.37. The molecule has 0 spiro atoms. The molecule has 0 saturated heterocycles. The zero-order valence-corrected chi connectivity index (χ0v) is 10.7. The van der Waals surface area contributed by atoms with Crippen LogP contribution in [-0.2, 0) is 11.0 Å². The Kier molecular flexibility index (Phi) is 4.95. The van der Waals surface area contributed by atoms with Gasteiger partial charge in [-0.05, 0) is 18.2 Å². The summed E-state index contributed by atoms with van der Waals surface area (Å²) in [7, 11) is 1.44. The summed E-state index contributed by atoms with van der Waals surface area (Å²) in [5.74, 6) is -0.974. The van der Waals surface area contributed by atoms with Crippen LogP contribution in [0.2, 0.25) is 0 Å². The number of nitrogen functional groups attached to an aromatic ring is 1. The Morgan fingerprint density at radius 3 is 2.50 bits per heavy atom. The molecule has 0 atom stereocenters. The summed E-state index contributed by atoms with van der Waals surface area (Å²) in [6, 6.07) is 2.90. The standard InChI is InChI=1S/C12H14F3N3O2/c1-17-10(19)4-5-18-11(20)7-2-3-9(16)8(6-7)12(13,14)15/h2-3,6H,4-5,16H2,1H3,(H,17,19)(H,18,20). The first-order valence-corrected chi connectivity index (χ1v) is 5.71. The van der Waals surface area contributed by atoms with E-state index in [-0.39, 0.29) is 24.4 Å². The van der Waals surface area contributed by atoms with E-state index in [2.05, 4.69) is 10.6 Å². The molecule has 0 aliphatic rings. The Balaban J connectivity index is 2.77. The molecule has 0 radical (unpaired) electrons. The van der Waals surface area contributed by atoms with Crippen molar-refractivity contribution < 1.29 is 22.8 Å². The maximum atomic E-state index is 12.6. The van der Waals surface area contributed by atoms with E-state index in [1.807, 2.05) is 0 Å². The highest BCUT2D eigenvalue weighted by Crippen LogP contribution is 2.33. The van der Waals surface area contributed by atoms with Crippen LogP contribution in [0.25, 0.3) is 0 Å². The number of anilines is 1. The van der Waals surface area contributed by atoms with Crippen LogP contribution in [-0.4, -0.2) is 25.4 Å². The van der Waals surface area contributed by atoms with Crippen LogP contribution in [0.1, 0.15) is 22.3 Å². The first kappa shape index (κ1) is 15.8. The first-order valence-electron chi connectivity index (χ1n) is 5.71. The zero-order valence-electron chi connectivity index (χ0n) is 10.7. The summed E-state index contributed by atoms with van der Waals surface area (Å²) in [5.41, 5.74) is 3.56. The maximum absolute atomic E-state index is 12.6. The van der Waals surface area contributed by atoms with Gasteiger partial charge in [-0.3, -0.25) is 9.59 Å². The SMILES string of the molecule is CNC(=O)CCNC(=O)c1ccc(N)c(C(F)(F)F)c1. The van der Waals surface area contributed by atoms with E-state index < -0.39 is 23.3 Å². The topological polar surface area (TPSA) is 84.2 Å². The summed E-state index contributed by atoms with van der Waals surface area (Å²) in [5, 5.41) is 4.71. The lowest BCUT2D eigenvalue weighted by molar-refractivity contribution is -0.136. The van der Waals surface area contributed by atoms with Crippen molar-refractivity contribution in [2.75, 3.05) is 19.3 Å². The molecule has 0 aliphatic heterocycles. The number of nitrogens with one attached hydrogen (secondary N) is 2. The maximum Gasteiger partial charge on any atom is 0.418 e. The van der Waals surface area contributed by atoms with Crippen LogP contribution in [0.4, 0.5) is 18.9 Å². The Hall–Kier alpha value is -2.25. The van der Waals surface area contributed by atoms with Gasteiger partial charge in [0.15, 0.2) is 0 Å². The van der Waals surface area contributed by atoms with Gasteiger partial charge < -0.3 is 16.4 Å². The number of halogens is 3. The molecule has 20 heavy (non-hydrogen) atoms. The normalized spacial score (nSPS) is 11.0. The van der Waals surface area contributed by atoms with Crippen molar-refractivity contribution in [2.24, 2.45) is 0 Å². The molecule has 0 fully saturated rings. The third-order valence-corrected chi connectivity index (χ3v) is 2.54. The molecule has 0 aliphatic carbocycles. The van der Waals surface area contributed by atoms with E-state index in [0.29, 0.717) is 6.07 Å². The number of rotatable bonds is 4. The van der Waals surface area contributed by atoms with Crippen molar-refractivity contribution in [3.8, 4) is 0 Å². The summed E-state index contributed by atoms with van der Waals surface area (Å²) < 4.78 is 37.9. The van der Waals surface area contributed by atoms with Gasteiger partial charge >= 0.3 is 6.18 Å². The van der Waals surface area contributed by atoms with Crippen LogP contribution in [0.3, 0.4) is 0 Å². The molecule has 1 aromatic carbocycles. The zero-order chi connectivity index (χ0) is 15.3. The molecule has 0 saturated carbocycles. The minimum atomic E-state index is -4.62. The second kappa shape index (κ2) is 6.27. The summed E-state index contributed by atoms with van der Waals surface area (Å²) in [4.78, 5) is 22.6. The Labute approximate surface area is 113 Å². The third kappa shape index (κ3) is 4.15. The number of carbonyl (C=O) groups excluding carboxylic acids is 2. The Bertz CT molecular complexity index is 515. The summed E-state index contributed by atoms with van der Waals surface area (Å²) in [6.45, 7) is 0.0320. The van der Waals surface area contributed by atoms with Crippen molar-refractivity contribution in [1.29, 1.82) is 0 Å². The van der Waals surface area contributed by atoms with E-state index in [0.717, 1.165) is 6.07 Å². The summed E-state index contributed by atoms with van der Waals surface area (Å²) in [6.07, 6.45) is -4.58. The highest BCUT2D eigenvalue weighted by atomic mass is 19.4. The third-order valence-electron chi connectivity index (χ3n) is 2.54. The van der Waals surface area contributed by atoms with Gasteiger partial charge in [0, 0.05) is 31.3 Å². The second-order valence-electron chi connectivity index (χ2n) is 3.98. The lowest BCUT2D eigenvalue weighted by Gasteiger charge is -2.11. The molecule has 1 aromatic rings. The number of hydrogen-bond acceptors (Lipinski definition) is 3. The molecular formula is C12H14F3N3O2. The minimum Gasteiger partial charge on any atom is -0.398 e. The predicted molar refractivity (Wildman–Crippen MR) is 66.9 cm³/mol. The fraction of sp³-hybridized carbons (Fsp3) is 0.333. The lowest BCUT2D eigenvalue weighted by atomic mass is 10.1. The van der Waals surface area contributed by atoms with E-state index in [1.54, 1.807) is 0 Å². The van der Waals surface area contributed by atoms with Crippen molar-refractivity contribution in [3.05, 3.63) is 29.3 Å². The van der Waals surface area contributed by atoms with Gasteiger partial charge in [-0.2, -0.15) is 13.2 Å². The lowest BCUT2D eigenvalue weighted by Crippen LogP contribution is -2.29. The molecule has 4 N–H and O–H groups in total. The molecule has 0 heterocycles. The largest absolute Gasteiger partial charge is 0.418 e. The van der Waals surface area contributed by atoms with Crippen LogP contribution in [0.15, 0.2) is 18.2 Å². The first-order chi connectivity index (χ1) is 9.25. The smallest absolute Gasteiger partial charge is 0.398 e. The van der Waals surface area contributed by atoms with Crippen molar-refractivity contribution >= 4 is 17.5 Å². The van der Waals surface area contributed by atoms with Gasteiger partial charge in [-0.1, -0.05) is 0 Å². The molecule has 1 rings (SSSR count). The molecule has 2 amide bonds. The van der Waals surface area contributed by atoms with Crippen LogP contribution in [0.5, 0.6) is 0 Å². The number of hydrogen-bond donors (Lipinski definition) is 3. The molecule has 0 aromatic heterocycles. The van der Waals surface area contributed by atoms with E-state index >= 15 is 0 Å². The van der Waals surface area contributed by atoms with E-state index in [9.17, 15) is 22.8 Å². The number of amides is 2. The highest BCUT2D eigenvalue weighted by molar-refractivity contribution is 5.95. The second-order valence-corrected chi connectivity index (χ2v) is 3.98. The predicted octanol–water partition coefficient (Wildman–Crippen LogP) is 1.15. The van der Waals surface area contributed by atoms with Crippen LogP contribution in [0, 0.1) is 0 Å². The van der Waals surface area contributed by atoms with E-state index in [4.69, 9.17) is 5.73 Å². The van der Waals surface area contributed by atoms with Crippen molar-refractivity contribution in [1.82, 2.24) is 10.6 Å². The van der Waals surface area contributed by atoms with Gasteiger partial charge in [-0.25, -0.2) is 0 Å². The van der Waals surface area contributed by atoms with Gasteiger partial charge in [0.25, 0.3) is 5.91 Å². The van der Waals surface area contributed by atoms with E-state index in [1.165, 1.54) is 13.1 Å². The summed E-state index contributed by atoms with van der Waals surface area (Å²) >= 11 is 0. The van der Waals surface area contributed by atoms with Gasteiger partial charge in [0.1, 0.15) is 0 Å². The molecule has 8 heteroatoms. The van der Waals surface area contributed by atoms with Crippen LogP contribution >= 0.6 is 0 Å². The highest BCUT2D eigenvalue weighted by Gasteiger charge is 2.33. The van der Waals surface area contributed by atoms with Crippen LogP contribution < -0.4 is 16.4 Å². The minimum absolute atomic E-state index is 0.0320. The number of alkyl halides is 3. The quantitative estimate of drug-likeness (QED) is 0.727. The Morgan fingerprint density at radius 1 is 1.30 bits per heavy atom. The molecule has 0 bridgehead atoms. The van der Waals surface area contributed by atoms with Gasteiger partial charge in [-0.15, -0.1) is 0 Å². The van der Waals surface area contributed by atoms with Gasteiger partial charge in [0.2, 0.25) is 5.91 Å². The Morgan fingerprint density at radius 2 is 1.95 bits per heavy atom. The average molecular weight is 289 g/mol. The number of benzene rings is 1. The molecule has 110 valence electrons. The fourth-order valence-corrected chi connectivity index (χ4v) is 1.46. The molecular weight excluding hydrogens is 275 g/mol. The molecule has 5 nitrogen and oxygen atoms in total. The van der Waals surface area contributed by atoms with Gasteiger partial charge in [0.05, 0.1) is 5.56 Å².